The van der Waals surface area contributed by atoms with Crippen molar-refractivity contribution in [2.75, 3.05) is 14.2 Å². The zero-order valence-electron chi connectivity index (χ0n) is 13.5. The molecule has 1 heterocycles. The van der Waals surface area contributed by atoms with Crippen LogP contribution in [0.2, 0.25) is 0 Å². The van der Waals surface area contributed by atoms with Crippen molar-refractivity contribution in [1.29, 1.82) is 0 Å². The lowest BCUT2D eigenvalue weighted by Crippen LogP contribution is -2.15. The van der Waals surface area contributed by atoms with E-state index in [0.29, 0.717) is 5.69 Å². The van der Waals surface area contributed by atoms with Gasteiger partial charge in [0.05, 0.1) is 28.8 Å². The third-order valence-corrected chi connectivity index (χ3v) is 5.52. The first kappa shape index (κ1) is 18.8. The van der Waals surface area contributed by atoms with Gasteiger partial charge < -0.3 is 4.74 Å². The number of esters is 1. The molecule has 1 aromatic carbocycles. The van der Waals surface area contributed by atoms with Crippen LogP contribution >= 0.6 is 0 Å². The Morgan fingerprint density at radius 3 is 2.48 bits per heavy atom. The van der Waals surface area contributed by atoms with Crippen molar-refractivity contribution in [1.82, 2.24) is 10.2 Å². The van der Waals surface area contributed by atoms with Crippen LogP contribution in [0, 0.1) is 6.92 Å². The molecule has 0 saturated carbocycles. The van der Waals surface area contributed by atoms with Crippen LogP contribution < -0.4 is 0 Å². The number of rotatable bonds is 3. The van der Waals surface area contributed by atoms with Gasteiger partial charge in [-0.1, -0.05) is 6.07 Å². The van der Waals surface area contributed by atoms with E-state index in [1.165, 1.54) is 19.2 Å². The van der Waals surface area contributed by atoms with E-state index in [9.17, 15) is 22.2 Å². The first-order valence-corrected chi connectivity index (χ1v) is 8.40. The summed E-state index contributed by atoms with van der Waals surface area (Å²) in [5.74, 6) is -0.837. The summed E-state index contributed by atoms with van der Waals surface area (Å²) in [5.41, 5.74) is -0.796. The molecular weight excluding hydrogens is 359 g/mol. The van der Waals surface area contributed by atoms with Gasteiger partial charge >= 0.3 is 12.1 Å². The molecule has 2 rings (SSSR count). The van der Waals surface area contributed by atoms with Gasteiger partial charge in [-0.15, -0.1) is 5.10 Å². The van der Waals surface area contributed by atoms with E-state index < -0.39 is 27.4 Å². The van der Waals surface area contributed by atoms with E-state index in [0.717, 1.165) is 25.3 Å². The average molecular weight is 373 g/mol. The van der Waals surface area contributed by atoms with Gasteiger partial charge in [0.2, 0.25) is 0 Å². The van der Waals surface area contributed by atoms with Crippen molar-refractivity contribution in [3.8, 4) is 0 Å². The summed E-state index contributed by atoms with van der Waals surface area (Å²) in [7, 11) is -1.33. The zero-order chi connectivity index (χ0) is 18.8. The lowest BCUT2D eigenvalue weighted by molar-refractivity contribution is -0.137. The number of carbonyl (C=O) groups excluding carboxylic acids is 1. The molecule has 1 atom stereocenters. The number of benzene rings is 1. The number of aromatic nitrogens is 2. The second kappa shape index (κ2) is 6.79. The molecule has 0 fully saturated rings. The van der Waals surface area contributed by atoms with E-state index in [2.05, 4.69) is 19.3 Å². The smallest absolute Gasteiger partial charge is 0.416 e. The molecule has 0 radical (unpaired) electrons. The molecule has 0 N–H and O–H groups in total. The first-order valence-electron chi connectivity index (χ1n) is 6.88. The molecule has 0 aliphatic heterocycles. The van der Waals surface area contributed by atoms with Crippen LogP contribution in [0.3, 0.4) is 0 Å². The third kappa shape index (κ3) is 3.63. The molecule has 0 aliphatic rings. The molecule has 0 unspecified atom stereocenters. The minimum Gasteiger partial charge on any atom is -0.465 e. The number of carbonyl (C=O) groups is 1. The Kier molecular flexibility index (Phi) is 5.12. The van der Waals surface area contributed by atoms with Gasteiger partial charge in [-0.05, 0) is 31.2 Å². The summed E-state index contributed by atoms with van der Waals surface area (Å²) < 4.78 is 60.6. The molecule has 2 aromatic rings. The van der Waals surface area contributed by atoms with Crippen LogP contribution in [0.1, 0.15) is 21.6 Å². The van der Waals surface area contributed by atoms with Crippen molar-refractivity contribution in [3.05, 3.63) is 47.2 Å². The maximum absolute atomic E-state index is 13.3. The second-order valence-corrected chi connectivity index (χ2v) is 7.21. The lowest BCUT2D eigenvalue weighted by atomic mass is 10.2. The normalized spacial score (nSPS) is 13.8. The highest BCUT2D eigenvalue weighted by Gasteiger charge is 2.33. The third-order valence-electron chi connectivity index (χ3n) is 3.29. The minimum absolute atomic E-state index is 0.164. The first-order chi connectivity index (χ1) is 11.6. The molecule has 134 valence electrons. The summed E-state index contributed by atoms with van der Waals surface area (Å²) in [4.78, 5) is 11.7. The number of aryl methyl sites for hydroxylation is 1. The molecule has 0 bridgehead atoms. The molecule has 25 heavy (non-hydrogen) atoms. The van der Waals surface area contributed by atoms with E-state index >= 15 is 0 Å². The van der Waals surface area contributed by atoms with E-state index in [1.807, 2.05) is 0 Å². The fourth-order valence-corrected chi connectivity index (χ4v) is 3.83. The molecule has 0 amide bonds. The SMILES string of the molecule is CN=[S@@](=O)(c1cccc(C(F)(F)F)c1)c1nnc(C)cc1C(=O)OC. The van der Waals surface area contributed by atoms with Crippen LogP contribution in [0.25, 0.3) is 0 Å². The van der Waals surface area contributed by atoms with Crippen LogP contribution in [-0.2, 0) is 20.6 Å². The number of methoxy groups -OCH3 is 1. The lowest BCUT2D eigenvalue weighted by Gasteiger charge is -2.14. The molecule has 6 nitrogen and oxygen atoms in total. The molecule has 0 saturated heterocycles. The fourth-order valence-electron chi connectivity index (χ4n) is 2.09. The van der Waals surface area contributed by atoms with Crippen molar-refractivity contribution >= 4 is 15.7 Å². The maximum atomic E-state index is 13.3. The van der Waals surface area contributed by atoms with Crippen molar-refractivity contribution < 1.29 is 26.9 Å². The highest BCUT2D eigenvalue weighted by molar-refractivity contribution is 7.93. The summed E-state index contributed by atoms with van der Waals surface area (Å²) in [6.07, 6.45) is -4.62. The number of nitrogens with zero attached hydrogens (tertiary/aromatic N) is 3. The van der Waals surface area contributed by atoms with Gasteiger partial charge in [-0.3, -0.25) is 0 Å². The Labute approximate surface area is 142 Å². The Hall–Kier alpha value is -2.49. The standard InChI is InChI=1S/C15H14F3N3O3S/c1-9-7-12(14(22)24-3)13(21-20-9)25(23,19-2)11-6-4-5-10(8-11)15(16,17)18/h4-8H,1-3H3/t25-/m1/s1. The summed E-state index contributed by atoms with van der Waals surface area (Å²) in [6.45, 7) is 1.55. The number of alkyl halides is 3. The number of hydrogen-bond donors (Lipinski definition) is 0. The minimum atomic E-state index is -4.62. The summed E-state index contributed by atoms with van der Waals surface area (Å²) in [6, 6.07) is 5.21. The van der Waals surface area contributed by atoms with Gasteiger partial charge in [0, 0.05) is 7.05 Å². The molecule has 10 heteroatoms. The maximum Gasteiger partial charge on any atom is 0.416 e. The second-order valence-electron chi connectivity index (χ2n) is 4.93. The number of hydrogen-bond acceptors (Lipinski definition) is 6. The fraction of sp³-hybridized carbons (Fsp3) is 0.267. The van der Waals surface area contributed by atoms with Gasteiger partial charge in [-0.2, -0.15) is 18.3 Å². The summed E-state index contributed by atoms with van der Waals surface area (Å²) in [5, 5.41) is 7.16. The van der Waals surface area contributed by atoms with Crippen LogP contribution in [0.15, 0.2) is 44.6 Å². The Morgan fingerprint density at radius 2 is 1.92 bits per heavy atom. The van der Waals surface area contributed by atoms with Gasteiger partial charge in [0.25, 0.3) is 0 Å². The molecule has 0 spiro atoms. The summed E-state index contributed by atoms with van der Waals surface area (Å²) >= 11 is 0. The Morgan fingerprint density at radius 1 is 1.24 bits per heavy atom. The predicted molar refractivity (Wildman–Crippen MR) is 82.6 cm³/mol. The number of ether oxygens (including phenoxy) is 1. The van der Waals surface area contributed by atoms with Gasteiger partial charge in [0.15, 0.2) is 5.03 Å². The quantitative estimate of drug-likeness (QED) is 0.772. The average Bonchev–Trinajstić information content (AvgIpc) is 2.59. The number of halogens is 3. The van der Waals surface area contributed by atoms with Crippen LogP contribution in [0.4, 0.5) is 13.2 Å². The largest absolute Gasteiger partial charge is 0.465 e. The van der Waals surface area contributed by atoms with Crippen molar-refractivity contribution in [3.63, 3.8) is 0 Å². The van der Waals surface area contributed by atoms with E-state index in [4.69, 9.17) is 0 Å². The molecule has 0 aliphatic carbocycles. The van der Waals surface area contributed by atoms with Crippen LogP contribution in [-0.4, -0.2) is 34.5 Å². The highest BCUT2D eigenvalue weighted by Crippen LogP contribution is 2.33. The van der Waals surface area contributed by atoms with Crippen molar-refractivity contribution in [2.45, 2.75) is 23.0 Å². The molecular formula is C15H14F3N3O3S. The van der Waals surface area contributed by atoms with Crippen molar-refractivity contribution in [2.24, 2.45) is 4.36 Å². The molecule has 1 aromatic heterocycles. The Balaban J connectivity index is 2.76. The highest BCUT2D eigenvalue weighted by atomic mass is 32.2. The zero-order valence-corrected chi connectivity index (χ0v) is 14.3. The monoisotopic (exact) mass is 373 g/mol. The van der Waals surface area contributed by atoms with Crippen LogP contribution in [0.5, 0.6) is 0 Å². The predicted octanol–water partition coefficient (Wildman–Crippen LogP) is 3.11. The topological polar surface area (TPSA) is 81.5 Å². The van der Waals surface area contributed by atoms with E-state index in [-0.39, 0.29) is 15.5 Å². The van der Waals surface area contributed by atoms with Gasteiger partial charge in [-0.25, -0.2) is 13.4 Å². The Bertz CT molecular complexity index is 935. The van der Waals surface area contributed by atoms with Gasteiger partial charge in [0.1, 0.15) is 9.73 Å². The van der Waals surface area contributed by atoms with E-state index in [1.54, 1.807) is 6.92 Å².